The van der Waals surface area contributed by atoms with E-state index >= 15 is 0 Å². The molecule has 0 spiro atoms. The van der Waals surface area contributed by atoms with Crippen molar-refractivity contribution in [2.45, 2.75) is 6.92 Å². The van der Waals surface area contributed by atoms with Crippen molar-refractivity contribution in [3.8, 4) is 0 Å². The first-order chi connectivity index (χ1) is 3.31. The third-order valence-corrected chi connectivity index (χ3v) is 0.788. The van der Waals surface area contributed by atoms with Crippen LogP contribution >= 0.6 is 0 Å². The van der Waals surface area contributed by atoms with Crippen LogP contribution in [-0.2, 0) is 0 Å². The first-order valence-corrected chi connectivity index (χ1v) is 2.37. The second-order valence-corrected chi connectivity index (χ2v) is 1.49. The Hall–Kier alpha value is -0.340. The third-order valence-electron chi connectivity index (χ3n) is 0.788. The van der Waals surface area contributed by atoms with E-state index in [2.05, 4.69) is 0 Å². The Morgan fingerprint density at radius 2 is 2.14 bits per heavy atom. The third kappa shape index (κ3) is 3.49. The van der Waals surface area contributed by atoms with Crippen LogP contribution in [0.3, 0.4) is 0 Å². The van der Waals surface area contributed by atoms with E-state index in [0.29, 0.717) is 13.1 Å². The summed E-state index contributed by atoms with van der Waals surface area (Å²) in [4.78, 5) is 0. The molecular formula is C5H12N2. The molecule has 0 saturated carbocycles. The number of hydrogen-bond donors (Lipinski definition) is 2. The maximum atomic E-state index is 5.23. The second kappa shape index (κ2) is 3.84. The quantitative estimate of drug-likeness (QED) is 0.474. The molecule has 2 heteroatoms. The fourth-order valence-electron chi connectivity index (χ4n) is 0.285. The standard InChI is InChI=1S/C5H12N2/c1-5(4-7)2-3-6/h2H,3-4,6-7H2,1H3/b5-2-. The molecule has 0 atom stereocenters. The molecule has 0 fully saturated rings. The molecule has 0 saturated heterocycles. The van der Waals surface area contributed by atoms with Crippen molar-refractivity contribution in [3.05, 3.63) is 11.6 Å². The molecule has 0 aliphatic heterocycles. The summed E-state index contributed by atoms with van der Waals surface area (Å²) in [5.41, 5.74) is 11.6. The highest BCUT2D eigenvalue weighted by atomic mass is 14.5. The average molecular weight is 100 g/mol. The SMILES string of the molecule is C/C(=C/CN)CN. The topological polar surface area (TPSA) is 52.0 Å². The number of nitrogens with two attached hydrogens (primary N) is 2. The molecule has 7 heavy (non-hydrogen) atoms. The minimum atomic E-state index is 0.600. The van der Waals surface area contributed by atoms with Gasteiger partial charge in [0, 0.05) is 13.1 Å². The fraction of sp³-hybridized carbons (Fsp3) is 0.600. The van der Waals surface area contributed by atoms with Crippen LogP contribution in [0.15, 0.2) is 11.6 Å². The van der Waals surface area contributed by atoms with Crippen molar-refractivity contribution in [3.63, 3.8) is 0 Å². The van der Waals surface area contributed by atoms with Crippen LogP contribution in [0.2, 0.25) is 0 Å². The van der Waals surface area contributed by atoms with Gasteiger partial charge in [0.15, 0.2) is 0 Å². The zero-order valence-corrected chi connectivity index (χ0v) is 4.65. The van der Waals surface area contributed by atoms with E-state index in [-0.39, 0.29) is 0 Å². The Morgan fingerprint density at radius 3 is 2.29 bits per heavy atom. The Kier molecular flexibility index (Phi) is 3.65. The summed E-state index contributed by atoms with van der Waals surface area (Å²) >= 11 is 0. The Bertz CT molecular complexity index is 66.5. The Labute approximate surface area is 44.2 Å². The van der Waals surface area contributed by atoms with Crippen LogP contribution in [-0.4, -0.2) is 13.1 Å². The molecule has 0 amide bonds. The van der Waals surface area contributed by atoms with Crippen molar-refractivity contribution >= 4 is 0 Å². The zero-order chi connectivity index (χ0) is 5.70. The monoisotopic (exact) mass is 100 g/mol. The largest absolute Gasteiger partial charge is 0.327 e. The van der Waals surface area contributed by atoms with Crippen LogP contribution in [0.5, 0.6) is 0 Å². The van der Waals surface area contributed by atoms with E-state index in [1.165, 1.54) is 0 Å². The molecule has 0 heterocycles. The molecule has 0 unspecified atom stereocenters. The lowest BCUT2D eigenvalue weighted by Gasteiger charge is -1.89. The molecule has 0 aliphatic carbocycles. The summed E-state index contributed by atoms with van der Waals surface area (Å²) in [5.74, 6) is 0. The van der Waals surface area contributed by atoms with Crippen LogP contribution in [0.25, 0.3) is 0 Å². The van der Waals surface area contributed by atoms with E-state index in [4.69, 9.17) is 11.5 Å². The van der Waals surface area contributed by atoms with E-state index in [0.717, 1.165) is 5.57 Å². The van der Waals surface area contributed by atoms with Gasteiger partial charge in [0.05, 0.1) is 0 Å². The fourth-order valence-corrected chi connectivity index (χ4v) is 0.285. The van der Waals surface area contributed by atoms with Gasteiger partial charge in [0.2, 0.25) is 0 Å². The normalized spacial score (nSPS) is 12.1. The molecule has 2 nitrogen and oxygen atoms in total. The van der Waals surface area contributed by atoms with Crippen molar-refractivity contribution in [1.82, 2.24) is 0 Å². The van der Waals surface area contributed by atoms with Gasteiger partial charge >= 0.3 is 0 Å². The van der Waals surface area contributed by atoms with Gasteiger partial charge in [-0.15, -0.1) is 0 Å². The summed E-state index contributed by atoms with van der Waals surface area (Å²) in [5, 5.41) is 0. The maximum Gasteiger partial charge on any atom is 0.0134 e. The van der Waals surface area contributed by atoms with E-state index in [1.807, 2.05) is 13.0 Å². The summed E-state index contributed by atoms with van der Waals surface area (Å²) in [6.07, 6.45) is 1.92. The summed E-state index contributed by atoms with van der Waals surface area (Å²) in [7, 11) is 0. The summed E-state index contributed by atoms with van der Waals surface area (Å²) < 4.78 is 0. The average Bonchev–Trinajstić information content (AvgIpc) is 1.68. The van der Waals surface area contributed by atoms with Crippen molar-refractivity contribution < 1.29 is 0 Å². The van der Waals surface area contributed by atoms with E-state index in [1.54, 1.807) is 0 Å². The minimum Gasteiger partial charge on any atom is -0.327 e. The maximum absolute atomic E-state index is 5.23. The molecule has 0 aromatic carbocycles. The molecule has 0 aliphatic rings. The first-order valence-electron chi connectivity index (χ1n) is 2.37. The Morgan fingerprint density at radius 1 is 1.57 bits per heavy atom. The van der Waals surface area contributed by atoms with Gasteiger partial charge in [0.25, 0.3) is 0 Å². The molecule has 0 rings (SSSR count). The zero-order valence-electron chi connectivity index (χ0n) is 4.65. The molecule has 0 aromatic rings. The number of rotatable bonds is 2. The van der Waals surface area contributed by atoms with Gasteiger partial charge < -0.3 is 11.5 Å². The Balaban J connectivity index is 3.29. The van der Waals surface area contributed by atoms with Gasteiger partial charge in [-0.1, -0.05) is 11.6 Å². The van der Waals surface area contributed by atoms with Gasteiger partial charge in [-0.05, 0) is 6.92 Å². The first kappa shape index (κ1) is 6.66. The highest BCUT2D eigenvalue weighted by Gasteiger charge is 1.76. The highest BCUT2D eigenvalue weighted by Crippen LogP contribution is 1.82. The van der Waals surface area contributed by atoms with Crippen LogP contribution in [0.1, 0.15) is 6.92 Å². The van der Waals surface area contributed by atoms with E-state index in [9.17, 15) is 0 Å². The van der Waals surface area contributed by atoms with Crippen LogP contribution < -0.4 is 11.5 Å². The minimum absolute atomic E-state index is 0.600. The number of hydrogen-bond acceptors (Lipinski definition) is 2. The molecule has 42 valence electrons. The summed E-state index contributed by atoms with van der Waals surface area (Å²) in [6, 6.07) is 0. The molecule has 0 radical (unpaired) electrons. The second-order valence-electron chi connectivity index (χ2n) is 1.49. The van der Waals surface area contributed by atoms with Crippen LogP contribution in [0.4, 0.5) is 0 Å². The molecule has 0 aromatic heterocycles. The van der Waals surface area contributed by atoms with Crippen LogP contribution in [0, 0.1) is 0 Å². The summed E-state index contributed by atoms with van der Waals surface area (Å²) in [6.45, 7) is 3.19. The predicted octanol–water partition coefficient (Wildman–Crippen LogP) is -0.150. The highest BCUT2D eigenvalue weighted by molar-refractivity contribution is 4.99. The lowest BCUT2D eigenvalue weighted by atomic mass is 10.3. The molecular weight excluding hydrogens is 88.1 g/mol. The van der Waals surface area contributed by atoms with Crippen molar-refractivity contribution in [1.29, 1.82) is 0 Å². The smallest absolute Gasteiger partial charge is 0.0134 e. The molecule has 0 bridgehead atoms. The van der Waals surface area contributed by atoms with Gasteiger partial charge in [-0.3, -0.25) is 0 Å². The lowest BCUT2D eigenvalue weighted by molar-refractivity contribution is 1.10. The van der Waals surface area contributed by atoms with Gasteiger partial charge in [-0.2, -0.15) is 0 Å². The van der Waals surface area contributed by atoms with Gasteiger partial charge in [-0.25, -0.2) is 0 Å². The predicted molar refractivity (Wildman–Crippen MR) is 31.9 cm³/mol. The van der Waals surface area contributed by atoms with Crippen molar-refractivity contribution in [2.24, 2.45) is 11.5 Å². The lowest BCUT2D eigenvalue weighted by Crippen LogP contribution is -2.02. The van der Waals surface area contributed by atoms with Crippen molar-refractivity contribution in [2.75, 3.05) is 13.1 Å². The van der Waals surface area contributed by atoms with Gasteiger partial charge in [0.1, 0.15) is 0 Å². The van der Waals surface area contributed by atoms with E-state index < -0.39 is 0 Å². The molecule has 4 N–H and O–H groups in total.